The van der Waals surface area contributed by atoms with E-state index in [2.05, 4.69) is 34.6 Å². The molecule has 0 saturated heterocycles. The van der Waals surface area contributed by atoms with E-state index in [1.807, 2.05) is 0 Å². The molecule has 0 aromatic heterocycles. The molecule has 214 valence electrons. The maximum absolute atomic E-state index is 12.3. The summed E-state index contributed by atoms with van der Waals surface area (Å²) >= 11 is 0. The van der Waals surface area contributed by atoms with Crippen molar-refractivity contribution in [2.24, 2.45) is 58.2 Å². The first-order valence-corrected chi connectivity index (χ1v) is 15.1. The van der Waals surface area contributed by atoms with Crippen molar-refractivity contribution in [1.29, 1.82) is 0 Å². The number of rotatable bonds is 9. The van der Waals surface area contributed by atoms with Crippen LogP contribution in [0.3, 0.4) is 0 Å². The van der Waals surface area contributed by atoms with E-state index in [1.54, 1.807) is 0 Å². The topological polar surface area (TPSA) is 96.2 Å². The third-order valence-corrected chi connectivity index (χ3v) is 12.2. The van der Waals surface area contributed by atoms with Gasteiger partial charge in [0.05, 0.1) is 44.6 Å². The van der Waals surface area contributed by atoms with E-state index >= 15 is 0 Å². The summed E-state index contributed by atoms with van der Waals surface area (Å²) in [4.78, 5) is 12.3. The van der Waals surface area contributed by atoms with Gasteiger partial charge in [0.15, 0.2) is 0 Å². The quantitative estimate of drug-likeness (QED) is 0.376. The lowest BCUT2D eigenvalue weighted by atomic mass is 9.43. The standard InChI is InChI=1S/C31H54O6/c1-18(2)22(29(35)36-6)8-7-19(3)23-9-10-24-28-25(17-27(34)31(23,24)5)30(4)12-11-21(37-14-13-32)15-20(30)16-26(28)33/h18-28,32-34H,7-17H2,1-6H3/t19-,20+,21-,22?,23-,24+,25+,26-,27+,28+,30+,31-/m1/s1. The summed E-state index contributed by atoms with van der Waals surface area (Å²) in [6, 6.07) is 0. The fourth-order valence-electron chi connectivity index (χ4n) is 10.0. The molecular formula is C31H54O6. The minimum absolute atomic E-state index is 0.0542. The van der Waals surface area contributed by atoms with Gasteiger partial charge in [-0.05, 0) is 110 Å². The van der Waals surface area contributed by atoms with Crippen molar-refractivity contribution in [2.75, 3.05) is 20.3 Å². The van der Waals surface area contributed by atoms with Crippen molar-refractivity contribution in [2.45, 2.75) is 111 Å². The highest BCUT2D eigenvalue weighted by atomic mass is 16.5. The van der Waals surface area contributed by atoms with Crippen LogP contribution in [0.5, 0.6) is 0 Å². The summed E-state index contributed by atoms with van der Waals surface area (Å²) in [5.41, 5.74) is -0.0647. The Bertz CT molecular complexity index is 786. The van der Waals surface area contributed by atoms with Crippen LogP contribution < -0.4 is 0 Å². The van der Waals surface area contributed by atoms with Crippen molar-refractivity contribution in [3.8, 4) is 0 Å². The Hall–Kier alpha value is -0.690. The Labute approximate surface area is 224 Å². The number of carbonyl (C=O) groups excluding carboxylic acids is 1. The first-order valence-electron chi connectivity index (χ1n) is 15.1. The van der Waals surface area contributed by atoms with Gasteiger partial charge < -0.3 is 24.8 Å². The van der Waals surface area contributed by atoms with Crippen LogP contribution in [0.15, 0.2) is 0 Å². The number of methoxy groups -OCH3 is 1. The summed E-state index contributed by atoms with van der Waals surface area (Å²) in [5, 5.41) is 32.6. The van der Waals surface area contributed by atoms with Gasteiger partial charge in [-0.25, -0.2) is 0 Å². The van der Waals surface area contributed by atoms with Gasteiger partial charge >= 0.3 is 5.97 Å². The Morgan fingerprint density at radius 1 is 1.00 bits per heavy atom. The Morgan fingerprint density at radius 3 is 2.38 bits per heavy atom. The predicted molar refractivity (Wildman–Crippen MR) is 144 cm³/mol. The molecule has 0 radical (unpaired) electrons. The first-order chi connectivity index (χ1) is 17.5. The average molecular weight is 523 g/mol. The van der Waals surface area contributed by atoms with Crippen LogP contribution in [-0.2, 0) is 14.3 Å². The lowest BCUT2D eigenvalue weighted by Crippen LogP contribution is -2.62. The van der Waals surface area contributed by atoms with Crippen molar-refractivity contribution in [3.05, 3.63) is 0 Å². The third-order valence-electron chi connectivity index (χ3n) is 12.2. The molecule has 4 aliphatic rings. The molecule has 0 spiro atoms. The van der Waals surface area contributed by atoms with E-state index in [1.165, 1.54) is 7.11 Å². The number of esters is 1. The monoisotopic (exact) mass is 522 g/mol. The summed E-state index contributed by atoms with van der Waals surface area (Å²) in [6.07, 6.45) is 8.08. The Morgan fingerprint density at radius 2 is 1.73 bits per heavy atom. The SMILES string of the molecule is COC(=O)C(CC[C@@H](C)[C@H]1CC[C@H]2[C@@H]3[C@H](O)C[C@@H]4C[C@H](OCCO)CC[C@]4(C)[C@H]3C[C@H](O)[C@]12C)C(C)C. The second kappa shape index (κ2) is 11.4. The Kier molecular flexibility index (Phi) is 9.05. The van der Waals surface area contributed by atoms with E-state index in [0.29, 0.717) is 36.2 Å². The zero-order valence-electron chi connectivity index (χ0n) is 24.2. The minimum atomic E-state index is -0.360. The molecule has 4 rings (SSSR count). The van der Waals surface area contributed by atoms with Crippen LogP contribution >= 0.6 is 0 Å². The molecule has 0 aromatic carbocycles. The first kappa shape index (κ1) is 29.3. The molecule has 4 aliphatic carbocycles. The lowest BCUT2D eigenvalue weighted by molar-refractivity contribution is -0.209. The maximum Gasteiger partial charge on any atom is 0.308 e. The van der Waals surface area contributed by atoms with Gasteiger partial charge in [0.1, 0.15) is 0 Å². The molecule has 4 saturated carbocycles. The zero-order valence-corrected chi connectivity index (χ0v) is 24.2. The van der Waals surface area contributed by atoms with E-state index in [0.717, 1.165) is 57.8 Å². The summed E-state index contributed by atoms with van der Waals surface area (Å²) < 4.78 is 11.0. The molecule has 37 heavy (non-hydrogen) atoms. The average Bonchev–Trinajstić information content (AvgIpc) is 3.22. The molecule has 0 bridgehead atoms. The molecule has 0 aliphatic heterocycles. The van der Waals surface area contributed by atoms with E-state index in [4.69, 9.17) is 9.47 Å². The van der Waals surface area contributed by atoms with Crippen molar-refractivity contribution < 1.29 is 29.6 Å². The van der Waals surface area contributed by atoms with E-state index < -0.39 is 0 Å². The normalized spacial score (nSPS) is 45.0. The molecule has 6 heteroatoms. The molecular weight excluding hydrogens is 468 g/mol. The zero-order chi connectivity index (χ0) is 27.1. The molecule has 0 heterocycles. The Balaban J connectivity index is 1.49. The third kappa shape index (κ3) is 5.14. The van der Waals surface area contributed by atoms with Crippen LogP contribution in [-0.4, -0.2) is 59.9 Å². The van der Waals surface area contributed by atoms with E-state index in [-0.39, 0.29) is 59.5 Å². The minimum Gasteiger partial charge on any atom is -0.469 e. The number of ether oxygens (including phenoxy) is 2. The predicted octanol–water partition coefficient (Wildman–Crippen LogP) is 4.83. The molecule has 0 aromatic rings. The number of fused-ring (bicyclic) bond motifs is 5. The molecule has 6 nitrogen and oxygen atoms in total. The molecule has 4 fully saturated rings. The fraction of sp³-hybridized carbons (Fsp3) is 0.968. The summed E-state index contributed by atoms with van der Waals surface area (Å²) in [6.45, 7) is 11.7. The molecule has 12 atom stereocenters. The van der Waals surface area contributed by atoms with Crippen LogP contribution in [0.4, 0.5) is 0 Å². The fourth-order valence-corrected chi connectivity index (χ4v) is 10.0. The van der Waals surface area contributed by atoms with Crippen LogP contribution in [0, 0.1) is 58.2 Å². The molecule has 3 N–H and O–H groups in total. The number of hydrogen-bond donors (Lipinski definition) is 3. The summed E-state index contributed by atoms with van der Waals surface area (Å²) in [7, 11) is 1.48. The number of aliphatic hydroxyl groups is 3. The van der Waals surface area contributed by atoms with E-state index in [9.17, 15) is 20.1 Å². The van der Waals surface area contributed by atoms with Crippen molar-refractivity contribution >= 4 is 5.97 Å². The van der Waals surface area contributed by atoms with Crippen LogP contribution in [0.25, 0.3) is 0 Å². The van der Waals surface area contributed by atoms with Gasteiger partial charge in [0.2, 0.25) is 0 Å². The largest absolute Gasteiger partial charge is 0.469 e. The second-order valence-corrected chi connectivity index (χ2v) is 14.0. The lowest BCUT2D eigenvalue weighted by Gasteiger charge is -2.63. The highest BCUT2D eigenvalue weighted by molar-refractivity contribution is 5.72. The van der Waals surface area contributed by atoms with Crippen molar-refractivity contribution in [1.82, 2.24) is 0 Å². The van der Waals surface area contributed by atoms with Crippen LogP contribution in [0.1, 0.15) is 92.4 Å². The van der Waals surface area contributed by atoms with Gasteiger partial charge in [-0.3, -0.25) is 4.79 Å². The van der Waals surface area contributed by atoms with Crippen LogP contribution in [0.2, 0.25) is 0 Å². The smallest absolute Gasteiger partial charge is 0.308 e. The molecule has 1 unspecified atom stereocenters. The van der Waals surface area contributed by atoms with Gasteiger partial charge in [-0.1, -0.05) is 34.6 Å². The van der Waals surface area contributed by atoms with Crippen molar-refractivity contribution in [3.63, 3.8) is 0 Å². The van der Waals surface area contributed by atoms with Gasteiger partial charge in [-0.2, -0.15) is 0 Å². The number of carbonyl (C=O) groups is 1. The highest BCUT2D eigenvalue weighted by Crippen LogP contribution is 2.68. The number of aliphatic hydroxyl groups excluding tert-OH is 3. The van der Waals surface area contributed by atoms with Gasteiger partial charge in [0, 0.05) is 0 Å². The second-order valence-electron chi connectivity index (χ2n) is 14.0. The summed E-state index contributed by atoms with van der Waals surface area (Å²) in [5.74, 6) is 2.21. The maximum atomic E-state index is 12.3. The highest BCUT2D eigenvalue weighted by Gasteiger charge is 2.65. The van der Waals surface area contributed by atoms with Gasteiger partial charge in [0.25, 0.3) is 0 Å². The molecule has 0 amide bonds. The number of hydrogen-bond acceptors (Lipinski definition) is 6. The van der Waals surface area contributed by atoms with Gasteiger partial charge in [-0.15, -0.1) is 0 Å².